The molecule has 1 aliphatic rings. The number of hydrogen-bond acceptors (Lipinski definition) is 3. The zero-order chi connectivity index (χ0) is 21.7. The highest BCUT2D eigenvalue weighted by molar-refractivity contribution is 6.04. The number of likely N-dealkylation sites (tertiary alicyclic amines) is 1. The predicted molar refractivity (Wildman–Crippen MR) is 120 cm³/mol. The van der Waals surface area contributed by atoms with Crippen molar-refractivity contribution in [2.45, 2.75) is 59.5 Å². The summed E-state index contributed by atoms with van der Waals surface area (Å²) in [6.07, 6.45) is 3.69. The summed E-state index contributed by atoms with van der Waals surface area (Å²) in [6, 6.07) is 11.3. The molecule has 1 unspecified atom stereocenters. The number of nitrogens with zero attached hydrogens (tertiary/aromatic N) is 1. The first kappa shape index (κ1) is 21.9. The molecule has 30 heavy (non-hydrogen) atoms. The van der Waals surface area contributed by atoms with Gasteiger partial charge in [-0.3, -0.25) is 9.59 Å². The molecule has 0 spiro atoms. The van der Waals surface area contributed by atoms with Gasteiger partial charge in [0.05, 0.1) is 11.3 Å². The van der Waals surface area contributed by atoms with E-state index >= 15 is 0 Å². The van der Waals surface area contributed by atoms with E-state index in [9.17, 15) is 9.59 Å². The van der Waals surface area contributed by atoms with Crippen molar-refractivity contribution in [3.8, 4) is 5.75 Å². The largest absolute Gasteiger partial charge is 0.481 e. The van der Waals surface area contributed by atoms with E-state index in [2.05, 4.69) is 11.4 Å². The third-order valence-electron chi connectivity index (χ3n) is 5.75. The molecule has 2 amide bonds. The summed E-state index contributed by atoms with van der Waals surface area (Å²) in [5.74, 6) is 0.417. The summed E-state index contributed by atoms with van der Waals surface area (Å²) in [5, 5.41) is 2.90. The van der Waals surface area contributed by atoms with Gasteiger partial charge in [0, 0.05) is 13.1 Å². The Morgan fingerprint density at radius 2 is 1.67 bits per heavy atom. The predicted octanol–water partition coefficient (Wildman–Crippen LogP) is 5.03. The fourth-order valence-electron chi connectivity index (χ4n) is 3.82. The Kier molecular flexibility index (Phi) is 7.14. The monoisotopic (exact) mass is 408 g/mol. The lowest BCUT2D eigenvalue weighted by molar-refractivity contribution is -0.122. The van der Waals surface area contributed by atoms with Gasteiger partial charge >= 0.3 is 0 Å². The molecule has 1 heterocycles. The lowest BCUT2D eigenvalue weighted by atomic mass is 10.1. The van der Waals surface area contributed by atoms with E-state index < -0.39 is 6.10 Å². The van der Waals surface area contributed by atoms with Crippen LogP contribution >= 0.6 is 0 Å². The van der Waals surface area contributed by atoms with Crippen LogP contribution in [0.3, 0.4) is 0 Å². The highest BCUT2D eigenvalue weighted by Gasteiger charge is 2.23. The molecule has 0 aliphatic carbocycles. The minimum atomic E-state index is -0.689. The van der Waals surface area contributed by atoms with Crippen LogP contribution in [0.2, 0.25) is 0 Å². The fraction of sp³-hybridized carbons (Fsp3) is 0.440. The number of rotatable bonds is 5. The Morgan fingerprint density at radius 3 is 2.37 bits per heavy atom. The molecule has 2 aromatic rings. The van der Waals surface area contributed by atoms with E-state index in [1.165, 1.54) is 0 Å². The summed E-state index contributed by atoms with van der Waals surface area (Å²) in [6.45, 7) is 9.30. The van der Waals surface area contributed by atoms with Crippen molar-refractivity contribution >= 4 is 17.5 Å². The van der Waals surface area contributed by atoms with E-state index in [4.69, 9.17) is 4.74 Å². The number of anilines is 1. The average Bonchev–Trinajstić information content (AvgIpc) is 3.01. The topological polar surface area (TPSA) is 58.6 Å². The Labute approximate surface area is 179 Å². The molecule has 5 heteroatoms. The number of aryl methyl sites for hydroxylation is 2. The SMILES string of the molecule is Cc1cc(C)c(C)c(OC(C)C(=O)Nc2ccccc2C(=O)N2CCCCCC2)c1. The molecule has 3 rings (SSSR count). The summed E-state index contributed by atoms with van der Waals surface area (Å²) in [7, 11) is 0. The number of hydrogen-bond donors (Lipinski definition) is 1. The molecule has 1 N–H and O–H groups in total. The van der Waals surface area contributed by atoms with E-state index in [0.717, 1.165) is 55.5 Å². The summed E-state index contributed by atoms with van der Waals surface area (Å²) in [4.78, 5) is 27.8. The molecule has 0 aromatic heterocycles. The number of carbonyl (C=O) groups is 2. The Balaban J connectivity index is 1.73. The molecule has 2 aromatic carbocycles. The Morgan fingerprint density at radius 1 is 1.00 bits per heavy atom. The van der Waals surface area contributed by atoms with Crippen molar-refractivity contribution < 1.29 is 14.3 Å². The summed E-state index contributed by atoms with van der Waals surface area (Å²) < 4.78 is 5.97. The third kappa shape index (κ3) is 5.21. The number of amides is 2. The number of para-hydroxylation sites is 1. The molecule has 1 aliphatic heterocycles. The van der Waals surface area contributed by atoms with E-state index in [-0.39, 0.29) is 11.8 Å². The van der Waals surface area contributed by atoms with Crippen LogP contribution in [0.5, 0.6) is 5.75 Å². The van der Waals surface area contributed by atoms with Crippen molar-refractivity contribution in [1.82, 2.24) is 4.90 Å². The summed E-state index contributed by atoms with van der Waals surface area (Å²) >= 11 is 0. The zero-order valence-electron chi connectivity index (χ0n) is 18.5. The minimum Gasteiger partial charge on any atom is -0.481 e. The first-order chi connectivity index (χ1) is 14.4. The molecule has 1 fully saturated rings. The Hall–Kier alpha value is -2.82. The van der Waals surface area contributed by atoms with Crippen molar-refractivity contribution in [3.63, 3.8) is 0 Å². The molecule has 1 saturated heterocycles. The van der Waals surface area contributed by atoms with Gasteiger partial charge in [-0.05, 0) is 75.4 Å². The maximum Gasteiger partial charge on any atom is 0.265 e. The number of carbonyl (C=O) groups excluding carboxylic acids is 2. The van der Waals surface area contributed by atoms with E-state index in [1.54, 1.807) is 19.1 Å². The lowest BCUT2D eigenvalue weighted by Gasteiger charge is -2.23. The highest BCUT2D eigenvalue weighted by atomic mass is 16.5. The molecule has 160 valence electrons. The van der Waals surface area contributed by atoms with Crippen molar-refractivity contribution in [3.05, 3.63) is 58.7 Å². The molecule has 5 nitrogen and oxygen atoms in total. The van der Waals surface area contributed by atoms with Crippen LogP contribution in [-0.4, -0.2) is 35.9 Å². The van der Waals surface area contributed by atoms with Gasteiger partial charge in [-0.2, -0.15) is 0 Å². The van der Waals surface area contributed by atoms with Crippen LogP contribution < -0.4 is 10.1 Å². The molecule has 0 saturated carbocycles. The van der Waals surface area contributed by atoms with Gasteiger partial charge in [0.25, 0.3) is 11.8 Å². The Bertz CT molecular complexity index is 915. The first-order valence-corrected chi connectivity index (χ1v) is 10.8. The number of benzene rings is 2. The van der Waals surface area contributed by atoms with Crippen LogP contribution in [0.15, 0.2) is 36.4 Å². The molecular formula is C25H32N2O3. The van der Waals surface area contributed by atoms with Crippen molar-refractivity contribution in [2.24, 2.45) is 0 Å². The highest BCUT2D eigenvalue weighted by Crippen LogP contribution is 2.25. The maximum atomic E-state index is 13.1. The lowest BCUT2D eigenvalue weighted by Crippen LogP contribution is -2.34. The molecule has 1 atom stereocenters. The number of nitrogens with one attached hydrogen (secondary N) is 1. The van der Waals surface area contributed by atoms with Crippen molar-refractivity contribution in [2.75, 3.05) is 18.4 Å². The van der Waals surface area contributed by atoms with Gasteiger partial charge in [0.15, 0.2) is 6.10 Å². The van der Waals surface area contributed by atoms with Gasteiger partial charge in [-0.1, -0.05) is 31.0 Å². The van der Waals surface area contributed by atoms with Crippen LogP contribution in [0.1, 0.15) is 59.7 Å². The van der Waals surface area contributed by atoms with E-state index in [0.29, 0.717) is 17.0 Å². The van der Waals surface area contributed by atoms with Gasteiger partial charge < -0.3 is 15.0 Å². The summed E-state index contributed by atoms with van der Waals surface area (Å²) in [5.41, 5.74) is 4.31. The molecule has 0 radical (unpaired) electrons. The van der Waals surface area contributed by atoms with Gasteiger partial charge in [0.1, 0.15) is 5.75 Å². The number of ether oxygens (including phenoxy) is 1. The quantitative estimate of drug-likeness (QED) is 0.754. The second-order valence-corrected chi connectivity index (χ2v) is 8.21. The second-order valence-electron chi connectivity index (χ2n) is 8.21. The van der Waals surface area contributed by atoms with Crippen molar-refractivity contribution in [1.29, 1.82) is 0 Å². The maximum absolute atomic E-state index is 13.1. The van der Waals surface area contributed by atoms with Gasteiger partial charge in [0.2, 0.25) is 0 Å². The molecule has 0 bridgehead atoms. The van der Waals surface area contributed by atoms with Crippen LogP contribution in [0.4, 0.5) is 5.69 Å². The van der Waals surface area contributed by atoms with Gasteiger partial charge in [-0.25, -0.2) is 0 Å². The fourth-order valence-corrected chi connectivity index (χ4v) is 3.82. The normalized spacial score (nSPS) is 15.3. The zero-order valence-corrected chi connectivity index (χ0v) is 18.5. The molecular weight excluding hydrogens is 376 g/mol. The van der Waals surface area contributed by atoms with Crippen LogP contribution in [0.25, 0.3) is 0 Å². The van der Waals surface area contributed by atoms with Crippen LogP contribution in [-0.2, 0) is 4.79 Å². The van der Waals surface area contributed by atoms with E-state index in [1.807, 2.05) is 43.9 Å². The minimum absolute atomic E-state index is 0.0217. The third-order valence-corrected chi connectivity index (χ3v) is 5.75. The standard InChI is InChI=1S/C25H32N2O3/c1-17-15-18(2)19(3)23(16-17)30-20(4)24(28)26-22-12-8-7-11-21(22)25(29)27-13-9-5-6-10-14-27/h7-8,11-12,15-16,20H,5-6,9-10,13-14H2,1-4H3,(H,26,28). The second kappa shape index (κ2) is 9.79. The smallest absolute Gasteiger partial charge is 0.265 e. The first-order valence-electron chi connectivity index (χ1n) is 10.8. The van der Waals surface area contributed by atoms with Crippen LogP contribution in [0, 0.1) is 20.8 Å². The average molecular weight is 409 g/mol. The van der Waals surface area contributed by atoms with Gasteiger partial charge in [-0.15, -0.1) is 0 Å².